The van der Waals surface area contributed by atoms with Crippen molar-refractivity contribution in [3.8, 4) is 17.2 Å². The van der Waals surface area contributed by atoms with E-state index in [1.165, 1.54) is 51.5 Å². The number of allylic oxidation sites excluding steroid dienone is 1. The van der Waals surface area contributed by atoms with Gasteiger partial charge in [-0.25, -0.2) is 4.79 Å². The predicted molar refractivity (Wildman–Crippen MR) is 131 cm³/mol. The molecule has 0 unspecified atom stereocenters. The van der Waals surface area contributed by atoms with Gasteiger partial charge in [-0.15, -0.1) is 0 Å². The molecule has 1 heterocycles. The molecule has 0 saturated heterocycles. The highest BCUT2D eigenvalue weighted by Gasteiger charge is 2.18. The van der Waals surface area contributed by atoms with Crippen molar-refractivity contribution in [2.45, 2.75) is 85.0 Å². The van der Waals surface area contributed by atoms with Crippen LogP contribution in [0, 0.1) is 0 Å². The molecule has 0 aliphatic carbocycles. The van der Waals surface area contributed by atoms with Crippen molar-refractivity contribution in [2.75, 3.05) is 13.2 Å². The molecule has 1 aromatic carbocycles. The van der Waals surface area contributed by atoms with Crippen LogP contribution < -0.4 is 19.8 Å². The molecule has 1 aromatic heterocycles. The van der Waals surface area contributed by atoms with Crippen LogP contribution in [0.25, 0.3) is 11.0 Å². The molecule has 0 fully saturated rings. The molecule has 0 atom stereocenters. The predicted octanol–water partition coefficient (Wildman–Crippen LogP) is 6.97. The first-order chi connectivity index (χ1) is 16.1. The highest BCUT2D eigenvalue weighted by molar-refractivity contribution is 5.87. The first kappa shape index (κ1) is 26.5. The van der Waals surface area contributed by atoms with E-state index in [0.717, 1.165) is 25.7 Å². The van der Waals surface area contributed by atoms with E-state index in [0.29, 0.717) is 30.1 Å². The van der Waals surface area contributed by atoms with E-state index in [1.54, 1.807) is 12.1 Å². The lowest BCUT2D eigenvalue weighted by molar-refractivity contribution is -0.131. The quantitative estimate of drug-likeness (QED) is 0.0888. The van der Waals surface area contributed by atoms with Crippen molar-refractivity contribution in [3.63, 3.8) is 0 Å². The average molecular weight is 459 g/mol. The minimum atomic E-state index is -0.596. The van der Waals surface area contributed by atoms with E-state index < -0.39 is 11.6 Å². The smallest absolute Gasteiger partial charge is 0.383 e. The van der Waals surface area contributed by atoms with Crippen LogP contribution >= 0.6 is 0 Å². The Bertz CT molecular complexity index is 944. The number of hydrogen-bond acceptors (Lipinski definition) is 6. The summed E-state index contributed by atoms with van der Waals surface area (Å²) in [5, 5.41) is 0.607. The lowest BCUT2D eigenvalue weighted by Gasteiger charge is -2.14. The van der Waals surface area contributed by atoms with Gasteiger partial charge in [0.15, 0.2) is 5.75 Å². The molecule has 33 heavy (non-hydrogen) atoms. The summed E-state index contributed by atoms with van der Waals surface area (Å²) in [6.07, 6.45) is 15.3. The fourth-order valence-corrected chi connectivity index (χ4v) is 3.56. The molecule has 6 nitrogen and oxygen atoms in total. The number of hydrogen-bond donors (Lipinski definition) is 0. The monoisotopic (exact) mass is 458 g/mol. The van der Waals surface area contributed by atoms with Gasteiger partial charge in [-0.3, -0.25) is 4.79 Å². The Morgan fingerprint density at radius 1 is 0.909 bits per heavy atom. The summed E-state index contributed by atoms with van der Waals surface area (Å²) < 4.78 is 22.4. The third-order valence-corrected chi connectivity index (χ3v) is 5.23. The van der Waals surface area contributed by atoms with Gasteiger partial charge in [0, 0.05) is 13.0 Å². The van der Waals surface area contributed by atoms with E-state index in [9.17, 15) is 9.59 Å². The third-order valence-electron chi connectivity index (χ3n) is 5.23. The number of unbranched alkanes of at least 4 members (excludes halogenated alkanes) is 7. The van der Waals surface area contributed by atoms with Gasteiger partial charge in [0.05, 0.1) is 18.6 Å². The Labute approximate surface area is 196 Å². The van der Waals surface area contributed by atoms with Gasteiger partial charge in [-0.1, -0.05) is 70.9 Å². The van der Waals surface area contributed by atoms with Gasteiger partial charge in [-0.05, 0) is 31.4 Å². The topological polar surface area (TPSA) is 75.0 Å². The molecule has 2 rings (SSSR count). The van der Waals surface area contributed by atoms with Crippen LogP contribution in [0.15, 0.2) is 39.6 Å². The number of ether oxygens (including phenoxy) is 3. The summed E-state index contributed by atoms with van der Waals surface area (Å²) in [6.45, 7) is 6.46. The van der Waals surface area contributed by atoms with Gasteiger partial charge < -0.3 is 18.6 Å². The van der Waals surface area contributed by atoms with Crippen molar-refractivity contribution >= 4 is 16.9 Å². The van der Waals surface area contributed by atoms with Gasteiger partial charge in [0.1, 0.15) is 11.3 Å². The van der Waals surface area contributed by atoms with Crippen LogP contribution in [0.1, 0.15) is 85.0 Å². The van der Waals surface area contributed by atoms with Crippen LogP contribution in [-0.2, 0) is 4.79 Å². The van der Waals surface area contributed by atoms with Crippen molar-refractivity contribution in [3.05, 3.63) is 40.8 Å². The Hall–Kier alpha value is -2.76. The summed E-state index contributed by atoms with van der Waals surface area (Å²) in [7, 11) is 0. The largest absolute Gasteiger partial charge is 0.488 e. The van der Waals surface area contributed by atoms with Crippen molar-refractivity contribution in [1.82, 2.24) is 0 Å². The Kier molecular flexibility index (Phi) is 12.2. The molecule has 0 spiro atoms. The summed E-state index contributed by atoms with van der Waals surface area (Å²) in [4.78, 5) is 24.0. The first-order valence-corrected chi connectivity index (χ1v) is 12.3. The van der Waals surface area contributed by atoms with E-state index in [4.69, 9.17) is 18.6 Å². The van der Waals surface area contributed by atoms with Crippen molar-refractivity contribution in [2.24, 2.45) is 0 Å². The van der Waals surface area contributed by atoms with Crippen LogP contribution in [0.2, 0.25) is 0 Å². The standard InChI is InChI=1S/C27H38O6/c1-4-6-8-10-11-12-13-15-19-31-26-25(30-18-14-9-7-5-2)23-17-16-22(32-21(3)28)20-24(23)33-27(26)29/h7,9,16-17,20H,4-6,8,10-15,18-19H2,1-3H3/b9-7+. The van der Waals surface area contributed by atoms with E-state index in [1.807, 2.05) is 6.08 Å². The number of carbonyl (C=O) groups is 1. The van der Waals surface area contributed by atoms with Crippen LogP contribution in [-0.4, -0.2) is 19.2 Å². The number of carbonyl (C=O) groups excluding carboxylic acids is 1. The molecular formula is C27H38O6. The van der Waals surface area contributed by atoms with Crippen LogP contribution in [0.5, 0.6) is 17.2 Å². The fraction of sp³-hybridized carbons (Fsp3) is 0.556. The molecule has 0 aliphatic heterocycles. The van der Waals surface area contributed by atoms with Crippen LogP contribution in [0.4, 0.5) is 0 Å². The third kappa shape index (κ3) is 9.32. The minimum absolute atomic E-state index is 0.102. The van der Waals surface area contributed by atoms with E-state index >= 15 is 0 Å². The Morgan fingerprint density at radius 2 is 1.61 bits per heavy atom. The Balaban J connectivity index is 2.09. The van der Waals surface area contributed by atoms with Gasteiger partial charge in [0.2, 0.25) is 5.75 Å². The van der Waals surface area contributed by atoms with Gasteiger partial charge in [-0.2, -0.15) is 0 Å². The maximum Gasteiger partial charge on any atom is 0.383 e. The highest BCUT2D eigenvalue weighted by Crippen LogP contribution is 2.35. The zero-order valence-corrected chi connectivity index (χ0v) is 20.3. The SMILES string of the molecule is CC/C=C/CCOc1c(OCCCCCCCCCC)c(=O)oc2cc(OC(C)=O)ccc12. The summed E-state index contributed by atoms with van der Waals surface area (Å²) >= 11 is 0. The minimum Gasteiger partial charge on any atom is -0.488 e. The summed E-state index contributed by atoms with van der Waals surface area (Å²) in [5.74, 6) is 0.342. The van der Waals surface area contributed by atoms with Crippen LogP contribution in [0.3, 0.4) is 0 Å². The number of rotatable bonds is 16. The lowest BCUT2D eigenvalue weighted by atomic mass is 10.1. The second kappa shape index (κ2) is 15.1. The van der Waals surface area contributed by atoms with E-state index in [2.05, 4.69) is 19.9 Å². The first-order valence-electron chi connectivity index (χ1n) is 12.3. The summed E-state index contributed by atoms with van der Waals surface area (Å²) in [6, 6.07) is 4.89. The average Bonchev–Trinajstić information content (AvgIpc) is 2.78. The zero-order chi connectivity index (χ0) is 23.9. The number of benzene rings is 1. The second-order valence-corrected chi connectivity index (χ2v) is 8.14. The normalized spacial score (nSPS) is 11.2. The molecule has 0 N–H and O–H groups in total. The van der Waals surface area contributed by atoms with Gasteiger partial charge in [0.25, 0.3) is 0 Å². The maximum atomic E-state index is 12.7. The molecule has 0 saturated carbocycles. The maximum absolute atomic E-state index is 12.7. The number of esters is 1. The fourth-order valence-electron chi connectivity index (χ4n) is 3.56. The molecule has 0 amide bonds. The number of fused-ring (bicyclic) bond motifs is 1. The molecule has 2 aromatic rings. The Morgan fingerprint density at radius 3 is 2.30 bits per heavy atom. The molecule has 0 aliphatic rings. The van der Waals surface area contributed by atoms with Crippen molar-refractivity contribution in [1.29, 1.82) is 0 Å². The molecule has 182 valence electrons. The van der Waals surface area contributed by atoms with Crippen molar-refractivity contribution < 1.29 is 23.4 Å². The summed E-state index contributed by atoms with van der Waals surface area (Å²) in [5.41, 5.74) is -0.307. The highest BCUT2D eigenvalue weighted by atomic mass is 16.5. The molecule has 6 heteroatoms. The van der Waals surface area contributed by atoms with E-state index in [-0.39, 0.29) is 11.3 Å². The second-order valence-electron chi connectivity index (χ2n) is 8.14. The molecular weight excluding hydrogens is 420 g/mol. The zero-order valence-electron chi connectivity index (χ0n) is 20.3. The lowest BCUT2D eigenvalue weighted by Crippen LogP contribution is -2.12. The molecule has 0 radical (unpaired) electrons. The molecule has 0 bridgehead atoms. The van der Waals surface area contributed by atoms with Gasteiger partial charge >= 0.3 is 11.6 Å².